The number of benzene rings is 2. The van der Waals surface area contributed by atoms with Gasteiger partial charge >= 0.3 is 0 Å². The van der Waals surface area contributed by atoms with Crippen LogP contribution in [0.5, 0.6) is 0 Å². The van der Waals surface area contributed by atoms with E-state index >= 15 is 0 Å². The summed E-state index contributed by atoms with van der Waals surface area (Å²) in [6.07, 6.45) is -0.160. The third kappa shape index (κ3) is 3.96. The van der Waals surface area contributed by atoms with Gasteiger partial charge in [-0.25, -0.2) is 0 Å². The summed E-state index contributed by atoms with van der Waals surface area (Å²) in [5.41, 5.74) is 1.71. The third-order valence-corrected chi connectivity index (χ3v) is 4.82. The van der Waals surface area contributed by atoms with Crippen LogP contribution in [0.3, 0.4) is 0 Å². The van der Waals surface area contributed by atoms with Gasteiger partial charge in [-0.15, -0.1) is 0 Å². The fourth-order valence-corrected chi connectivity index (χ4v) is 3.00. The molecule has 0 aliphatic carbocycles. The van der Waals surface area contributed by atoms with Crippen molar-refractivity contribution in [3.05, 3.63) is 66.5 Å². The van der Waals surface area contributed by atoms with Crippen LogP contribution in [0.4, 0.5) is 0 Å². The molecule has 19 heavy (non-hydrogen) atoms. The molecule has 1 N–H and O–H groups in total. The zero-order chi connectivity index (χ0) is 14.0. The van der Waals surface area contributed by atoms with Crippen LogP contribution >= 0.6 is 55.1 Å². The smallest absolute Gasteiger partial charge is 0.0831 e. The van der Waals surface area contributed by atoms with Crippen LogP contribution in [0.15, 0.2) is 45.3 Å². The molecule has 0 aromatic heterocycles. The van der Waals surface area contributed by atoms with E-state index in [1.165, 1.54) is 0 Å². The van der Waals surface area contributed by atoms with Crippen LogP contribution in [0.25, 0.3) is 0 Å². The van der Waals surface area contributed by atoms with E-state index in [0.717, 1.165) is 20.1 Å². The number of hydrogen-bond acceptors (Lipinski definition) is 1. The molecule has 1 atom stereocenters. The van der Waals surface area contributed by atoms with Crippen molar-refractivity contribution in [3.8, 4) is 0 Å². The highest BCUT2D eigenvalue weighted by Gasteiger charge is 2.12. The number of halogens is 4. The molecule has 0 aliphatic rings. The number of aliphatic hydroxyl groups is 1. The lowest BCUT2D eigenvalue weighted by atomic mass is 10.0. The predicted octanol–water partition coefficient (Wildman–Crippen LogP) is 5.79. The maximum absolute atomic E-state index is 10.2. The first-order valence-electron chi connectivity index (χ1n) is 5.54. The SMILES string of the molecule is OC(Cc1ccc(Br)cc1Cl)c1ccc(Cl)c(Br)c1. The van der Waals surface area contributed by atoms with Crippen LogP contribution in [-0.2, 0) is 6.42 Å². The lowest BCUT2D eigenvalue weighted by molar-refractivity contribution is 0.178. The van der Waals surface area contributed by atoms with Crippen molar-refractivity contribution in [2.24, 2.45) is 0 Å². The molecule has 2 rings (SSSR count). The van der Waals surface area contributed by atoms with Gasteiger partial charge in [-0.05, 0) is 51.3 Å². The van der Waals surface area contributed by atoms with E-state index in [9.17, 15) is 5.11 Å². The van der Waals surface area contributed by atoms with E-state index in [1.807, 2.05) is 30.3 Å². The van der Waals surface area contributed by atoms with Crippen molar-refractivity contribution in [3.63, 3.8) is 0 Å². The maximum atomic E-state index is 10.2. The summed E-state index contributed by atoms with van der Waals surface area (Å²) < 4.78 is 1.69. The van der Waals surface area contributed by atoms with Crippen molar-refractivity contribution in [2.45, 2.75) is 12.5 Å². The summed E-state index contributed by atoms with van der Waals surface area (Å²) in [6.45, 7) is 0. The average molecular weight is 425 g/mol. The Labute approximate surface area is 138 Å². The van der Waals surface area contributed by atoms with E-state index in [2.05, 4.69) is 31.9 Å². The van der Waals surface area contributed by atoms with Gasteiger partial charge in [-0.2, -0.15) is 0 Å². The Balaban J connectivity index is 2.20. The van der Waals surface area contributed by atoms with E-state index in [1.54, 1.807) is 6.07 Å². The maximum Gasteiger partial charge on any atom is 0.0831 e. The van der Waals surface area contributed by atoms with Crippen LogP contribution in [0.1, 0.15) is 17.2 Å². The minimum Gasteiger partial charge on any atom is -0.388 e. The third-order valence-electron chi connectivity index (χ3n) is 2.76. The molecule has 2 aromatic rings. The van der Waals surface area contributed by atoms with Gasteiger partial charge in [-0.3, -0.25) is 0 Å². The fraction of sp³-hybridized carbons (Fsp3) is 0.143. The molecule has 1 unspecified atom stereocenters. The molecular weight excluding hydrogens is 415 g/mol. The summed E-state index contributed by atoms with van der Waals surface area (Å²) in [7, 11) is 0. The monoisotopic (exact) mass is 422 g/mol. The Morgan fingerprint density at radius 3 is 2.37 bits per heavy atom. The van der Waals surface area contributed by atoms with Crippen molar-refractivity contribution in [1.82, 2.24) is 0 Å². The molecule has 5 heteroatoms. The van der Waals surface area contributed by atoms with Gasteiger partial charge in [0.15, 0.2) is 0 Å². The highest BCUT2D eigenvalue weighted by Crippen LogP contribution is 2.29. The summed E-state index contributed by atoms with van der Waals surface area (Å²) in [5, 5.41) is 11.5. The fourth-order valence-electron chi connectivity index (χ4n) is 1.73. The molecule has 2 aromatic carbocycles. The van der Waals surface area contributed by atoms with Crippen LogP contribution in [0, 0.1) is 0 Å². The Morgan fingerprint density at radius 1 is 1.00 bits per heavy atom. The Morgan fingerprint density at radius 2 is 1.74 bits per heavy atom. The molecular formula is C14H10Br2Cl2O. The Bertz CT molecular complexity index is 602. The number of rotatable bonds is 3. The number of hydrogen-bond donors (Lipinski definition) is 1. The Hall–Kier alpha value is -0.0600. The normalized spacial score (nSPS) is 12.5. The molecule has 0 saturated carbocycles. The van der Waals surface area contributed by atoms with Crippen molar-refractivity contribution < 1.29 is 5.11 Å². The van der Waals surface area contributed by atoms with Crippen molar-refractivity contribution in [1.29, 1.82) is 0 Å². The lowest BCUT2D eigenvalue weighted by Crippen LogP contribution is -2.02. The second-order valence-corrected chi connectivity index (χ2v) is 6.71. The van der Waals surface area contributed by atoms with E-state index < -0.39 is 6.10 Å². The summed E-state index contributed by atoms with van der Waals surface area (Å²) in [5.74, 6) is 0. The molecule has 0 aliphatic heterocycles. The zero-order valence-corrected chi connectivity index (χ0v) is 14.4. The van der Waals surface area contributed by atoms with Gasteiger partial charge in [0.05, 0.1) is 11.1 Å². The van der Waals surface area contributed by atoms with E-state index in [0.29, 0.717) is 16.5 Å². The van der Waals surface area contributed by atoms with Gasteiger partial charge in [0.25, 0.3) is 0 Å². The quantitative estimate of drug-likeness (QED) is 0.660. The van der Waals surface area contributed by atoms with Crippen LogP contribution in [-0.4, -0.2) is 5.11 Å². The lowest BCUT2D eigenvalue weighted by Gasteiger charge is -2.13. The molecule has 100 valence electrons. The van der Waals surface area contributed by atoms with Crippen LogP contribution in [0.2, 0.25) is 10.0 Å². The molecule has 0 radical (unpaired) electrons. The summed E-state index contributed by atoms with van der Waals surface area (Å²) >= 11 is 18.8. The average Bonchev–Trinajstić information content (AvgIpc) is 2.36. The predicted molar refractivity (Wildman–Crippen MR) is 87.0 cm³/mol. The number of aliphatic hydroxyl groups excluding tert-OH is 1. The molecule has 0 spiro atoms. The van der Waals surface area contributed by atoms with Crippen molar-refractivity contribution >= 4 is 55.1 Å². The standard InChI is InChI=1S/C14H10Br2Cl2O/c15-10-3-1-8(13(18)7-10)6-14(19)9-2-4-12(17)11(16)5-9/h1-5,7,14,19H,6H2. The Kier molecular flexibility index (Phi) is 5.32. The van der Waals surface area contributed by atoms with Crippen LogP contribution < -0.4 is 0 Å². The molecule has 1 nitrogen and oxygen atoms in total. The van der Waals surface area contributed by atoms with E-state index in [-0.39, 0.29) is 0 Å². The highest BCUT2D eigenvalue weighted by atomic mass is 79.9. The first-order chi connectivity index (χ1) is 8.97. The second kappa shape index (κ2) is 6.59. The van der Waals surface area contributed by atoms with Gasteiger partial charge in [0, 0.05) is 20.4 Å². The minimum absolute atomic E-state index is 0.459. The molecule has 0 bridgehead atoms. The highest BCUT2D eigenvalue weighted by molar-refractivity contribution is 9.10. The van der Waals surface area contributed by atoms with Gasteiger partial charge < -0.3 is 5.11 Å². The van der Waals surface area contributed by atoms with Gasteiger partial charge in [-0.1, -0.05) is 51.3 Å². The topological polar surface area (TPSA) is 20.2 Å². The van der Waals surface area contributed by atoms with Crippen molar-refractivity contribution in [2.75, 3.05) is 0 Å². The summed E-state index contributed by atoms with van der Waals surface area (Å²) in [6, 6.07) is 11.0. The minimum atomic E-state index is -0.618. The first-order valence-corrected chi connectivity index (χ1v) is 7.88. The molecule has 0 amide bonds. The largest absolute Gasteiger partial charge is 0.388 e. The van der Waals surface area contributed by atoms with Gasteiger partial charge in [0.2, 0.25) is 0 Å². The first kappa shape index (κ1) is 15.3. The van der Waals surface area contributed by atoms with Gasteiger partial charge in [0.1, 0.15) is 0 Å². The van der Waals surface area contributed by atoms with E-state index in [4.69, 9.17) is 23.2 Å². The second-order valence-electron chi connectivity index (χ2n) is 4.13. The molecule has 0 fully saturated rings. The zero-order valence-electron chi connectivity index (χ0n) is 9.71. The summed E-state index contributed by atoms with van der Waals surface area (Å²) in [4.78, 5) is 0. The molecule has 0 heterocycles. The molecule has 0 saturated heterocycles.